The fraction of sp³-hybridized carbons (Fsp3) is 0.579. The molecule has 1 aromatic carbocycles. The number of sulfonamides is 1. The van der Waals surface area contributed by atoms with Crippen molar-refractivity contribution in [3.63, 3.8) is 0 Å². The van der Waals surface area contributed by atoms with Crippen molar-refractivity contribution in [2.45, 2.75) is 45.1 Å². The van der Waals surface area contributed by atoms with Crippen molar-refractivity contribution >= 4 is 21.9 Å². The van der Waals surface area contributed by atoms with Crippen LogP contribution in [0.1, 0.15) is 39.2 Å². The van der Waals surface area contributed by atoms with E-state index in [1.165, 1.54) is 0 Å². The highest BCUT2D eigenvalue weighted by molar-refractivity contribution is 7.88. The van der Waals surface area contributed by atoms with Crippen molar-refractivity contribution in [3.8, 4) is 0 Å². The van der Waals surface area contributed by atoms with Crippen LogP contribution in [-0.2, 0) is 25.0 Å². The number of carboxylic acid groups (broad SMARTS) is 1. The molecular formula is C19H28N2O5S. The molecule has 1 saturated heterocycles. The van der Waals surface area contributed by atoms with Crippen LogP contribution < -0.4 is 4.72 Å². The third kappa shape index (κ3) is 4.87. The summed E-state index contributed by atoms with van der Waals surface area (Å²) in [6, 6.07) is 8.15. The second-order valence-electron chi connectivity index (χ2n) is 8.27. The van der Waals surface area contributed by atoms with Gasteiger partial charge in [-0.1, -0.05) is 51.1 Å². The number of carboxylic acids is 1. The molecule has 2 N–H and O–H groups in total. The molecular weight excluding hydrogens is 368 g/mol. The molecule has 1 unspecified atom stereocenters. The molecule has 1 amide bonds. The van der Waals surface area contributed by atoms with Crippen LogP contribution in [0.2, 0.25) is 0 Å². The highest BCUT2D eigenvalue weighted by atomic mass is 32.2. The number of carbonyl (C=O) groups is 2. The molecule has 0 aromatic heterocycles. The number of rotatable bonds is 5. The largest absolute Gasteiger partial charge is 0.481 e. The van der Waals surface area contributed by atoms with Crippen molar-refractivity contribution in [3.05, 3.63) is 35.9 Å². The summed E-state index contributed by atoms with van der Waals surface area (Å²) in [5.74, 6) is -1.22. The first-order valence-corrected chi connectivity index (χ1v) is 10.8. The number of hydrogen-bond donors (Lipinski definition) is 2. The fourth-order valence-electron chi connectivity index (χ4n) is 3.49. The van der Waals surface area contributed by atoms with Crippen LogP contribution in [0.4, 0.5) is 0 Å². The van der Waals surface area contributed by atoms with E-state index in [9.17, 15) is 23.1 Å². The number of hydrogen-bond acceptors (Lipinski definition) is 4. The van der Waals surface area contributed by atoms with E-state index in [4.69, 9.17) is 0 Å². The van der Waals surface area contributed by atoms with E-state index in [-0.39, 0.29) is 31.8 Å². The minimum absolute atomic E-state index is 0.262. The van der Waals surface area contributed by atoms with E-state index in [0.29, 0.717) is 0 Å². The second-order valence-corrected chi connectivity index (χ2v) is 10.0. The summed E-state index contributed by atoms with van der Waals surface area (Å²) in [5, 5.41) is 9.86. The predicted molar refractivity (Wildman–Crippen MR) is 103 cm³/mol. The number of amides is 1. The Labute approximate surface area is 160 Å². The van der Waals surface area contributed by atoms with Gasteiger partial charge in [-0.25, -0.2) is 13.1 Å². The highest BCUT2D eigenvalue weighted by Crippen LogP contribution is 2.36. The molecule has 150 valence electrons. The summed E-state index contributed by atoms with van der Waals surface area (Å²) in [5.41, 5.74) is -0.910. The van der Waals surface area contributed by atoms with Gasteiger partial charge in [-0.15, -0.1) is 0 Å². The average Bonchev–Trinajstić information content (AvgIpc) is 2.58. The molecule has 27 heavy (non-hydrogen) atoms. The minimum Gasteiger partial charge on any atom is -0.481 e. The van der Waals surface area contributed by atoms with Gasteiger partial charge in [-0.05, 0) is 23.8 Å². The molecule has 1 heterocycles. The van der Waals surface area contributed by atoms with Crippen LogP contribution in [0, 0.1) is 5.41 Å². The SMILES string of the molecule is CC(C)(C)C(NS(C)(=O)=O)C(=O)N1CCC(C(=O)O)(c2ccccc2)CC1. The van der Waals surface area contributed by atoms with Crippen LogP contribution >= 0.6 is 0 Å². The van der Waals surface area contributed by atoms with Gasteiger partial charge in [0.1, 0.15) is 6.04 Å². The lowest BCUT2D eigenvalue weighted by Crippen LogP contribution is -2.57. The second kappa shape index (κ2) is 7.59. The summed E-state index contributed by atoms with van der Waals surface area (Å²) in [6.45, 7) is 5.91. The average molecular weight is 397 g/mol. The Kier molecular flexibility index (Phi) is 6.01. The zero-order valence-corrected chi connectivity index (χ0v) is 17.0. The Morgan fingerprint density at radius 2 is 1.67 bits per heavy atom. The number of nitrogens with zero attached hydrogens (tertiary/aromatic N) is 1. The summed E-state index contributed by atoms with van der Waals surface area (Å²) < 4.78 is 25.8. The molecule has 7 nitrogen and oxygen atoms in total. The van der Waals surface area contributed by atoms with Gasteiger partial charge in [-0.2, -0.15) is 0 Å². The van der Waals surface area contributed by atoms with E-state index in [1.807, 2.05) is 18.2 Å². The topological polar surface area (TPSA) is 104 Å². The van der Waals surface area contributed by atoms with Crippen LogP contribution in [0.25, 0.3) is 0 Å². The predicted octanol–water partition coefficient (Wildman–Crippen LogP) is 1.60. The van der Waals surface area contributed by atoms with Crippen molar-refractivity contribution in [2.24, 2.45) is 5.41 Å². The standard InChI is InChI=1S/C19H28N2O5S/c1-18(2,3)15(20-27(4,25)26)16(22)21-12-10-19(11-13-21,17(23)24)14-8-6-5-7-9-14/h5-9,15,20H,10-13H2,1-4H3,(H,23,24). The highest BCUT2D eigenvalue weighted by Gasteiger charge is 2.45. The van der Waals surface area contributed by atoms with Gasteiger partial charge in [0, 0.05) is 13.1 Å². The maximum atomic E-state index is 13.0. The molecule has 0 radical (unpaired) electrons. The number of aliphatic carboxylic acids is 1. The molecule has 0 saturated carbocycles. The fourth-order valence-corrected chi connectivity index (χ4v) is 4.37. The van der Waals surface area contributed by atoms with E-state index in [1.54, 1.807) is 37.8 Å². The molecule has 1 aliphatic rings. The smallest absolute Gasteiger partial charge is 0.314 e. The zero-order chi connectivity index (χ0) is 20.5. The molecule has 0 aliphatic carbocycles. The first kappa shape index (κ1) is 21.4. The van der Waals surface area contributed by atoms with Crippen molar-refractivity contribution in [1.82, 2.24) is 9.62 Å². The van der Waals surface area contributed by atoms with Crippen LogP contribution in [0.3, 0.4) is 0 Å². The van der Waals surface area contributed by atoms with Gasteiger partial charge in [0.2, 0.25) is 15.9 Å². The summed E-state index contributed by atoms with van der Waals surface area (Å²) in [6.07, 6.45) is 1.60. The first-order chi connectivity index (χ1) is 12.4. The monoisotopic (exact) mass is 396 g/mol. The Bertz CT molecular complexity index is 791. The van der Waals surface area contributed by atoms with Gasteiger partial charge in [0.25, 0.3) is 0 Å². The normalized spacial score (nSPS) is 18.7. The third-order valence-electron chi connectivity index (χ3n) is 5.11. The molecule has 1 fully saturated rings. The Morgan fingerprint density at radius 1 is 1.15 bits per heavy atom. The first-order valence-electron chi connectivity index (χ1n) is 8.92. The molecule has 2 rings (SSSR count). The molecule has 0 bridgehead atoms. The Balaban J connectivity index is 2.22. The number of nitrogens with one attached hydrogen (secondary N) is 1. The number of likely N-dealkylation sites (tertiary alicyclic amines) is 1. The molecule has 0 spiro atoms. The van der Waals surface area contributed by atoms with E-state index in [0.717, 1.165) is 11.8 Å². The third-order valence-corrected chi connectivity index (χ3v) is 5.77. The van der Waals surface area contributed by atoms with Gasteiger partial charge in [0.05, 0.1) is 11.7 Å². The molecule has 8 heteroatoms. The molecule has 1 aromatic rings. The summed E-state index contributed by atoms with van der Waals surface area (Å²) in [4.78, 5) is 26.6. The molecule has 1 aliphatic heterocycles. The van der Waals surface area contributed by atoms with Gasteiger partial charge in [0.15, 0.2) is 0 Å². The van der Waals surface area contributed by atoms with Crippen LogP contribution in [0.5, 0.6) is 0 Å². The van der Waals surface area contributed by atoms with E-state index < -0.39 is 32.9 Å². The van der Waals surface area contributed by atoms with Gasteiger partial charge in [-0.3, -0.25) is 9.59 Å². The quantitative estimate of drug-likeness (QED) is 0.787. The number of benzene rings is 1. The van der Waals surface area contributed by atoms with Crippen molar-refractivity contribution in [1.29, 1.82) is 0 Å². The maximum Gasteiger partial charge on any atom is 0.314 e. The van der Waals surface area contributed by atoms with Crippen molar-refractivity contribution < 1.29 is 23.1 Å². The number of piperidine rings is 1. The Morgan fingerprint density at radius 3 is 2.07 bits per heavy atom. The zero-order valence-electron chi connectivity index (χ0n) is 16.2. The molecule has 1 atom stereocenters. The van der Waals surface area contributed by atoms with E-state index >= 15 is 0 Å². The summed E-state index contributed by atoms with van der Waals surface area (Å²) >= 11 is 0. The lowest BCUT2D eigenvalue weighted by atomic mass is 9.72. The maximum absolute atomic E-state index is 13.0. The number of carbonyl (C=O) groups excluding carboxylic acids is 1. The van der Waals surface area contributed by atoms with E-state index in [2.05, 4.69) is 4.72 Å². The lowest BCUT2D eigenvalue weighted by Gasteiger charge is -2.42. The van der Waals surface area contributed by atoms with Crippen LogP contribution in [0.15, 0.2) is 30.3 Å². The lowest BCUT2D eigenvalue weighted by molar-refractivity contribution is -0.149. The van der Waals surface area contributed by atoms with Crippen LogP contribution in [-0.4, -0.2) is 55.7 Å². The van der Waals surface area contributed by atoms with Crippen molar-refractivity contribution in [2.75, 3.05) is 19.3 Å². The summed E-state index contributed by atoms with van der Waals surface area (Å²) in [7, 11) is -3.56. The minimum atomic E-state index is -3.56. The Hall–Kier alpha value is -1.93. The van der Waals surface area contributed by atoms with Gasteiger partial charge < -0.3 is 10.0 Å². The van der Waals surface area contributed by atoms with Gasteiger partial charge >= 0.3 is 5.97 Å².